The van der Waals surface area contributed by atoms with Gasteiger partial charge in [-0.05, 0) is 42.0 Å². The lowest BCUT2D eigenvalue weighted by molar-refractivity contribution is -0.0707. The smallest absolute Gasteiger partial charge is 0.347 e. The molecule has 248 valence electrons. The van der Waals surface area contributed by atoms with Crippen LogP contribution in [0.5, 0.6) is 0 Å². The Morgan fingerprint density at radius 2 is 1.18 bits per heavy atom. The van der Waals surface area contributed by atoms with Gasteiger partial charge in [-0.3, -0.25) is 9.78 Å². The Balaban J connectivity index is 1.37. The molecule has 1 saturated heterocycles. The molecule has 6 rings (SSSR count). The number of ether oxygens (including phenoxy) is 4. The lowest BCUT2D eigenvalue weighted by atomic mass is 10.1. The fourth-order valence-electron chi connectivity index (χ4n) is 5.04. The van der Waals surface area contributed by atoms with Crippen LogP contribution in [-0.2, 0) is 24.7 Å². The van der Waals surface area contributed by atoms with Gasteiger partial charge in [0, 0.05) is 5.75 Å². The molecule has 2 heterocycles. The van der Waals surface area contributed by atoms with Crippen molar-refractivity contribution >= 4 is 29.7 Å². The number of nitrogens with zero attached hydrogens (tertiary/aromatic N) is 2. The number of carbonyl (C=O) groups excluding carboxylic acids is 3. The van der Waals surface area contributed by atoms with E-state index >= 15 is 0 Å². The van der Waals surface area contributed by atoms with Crippen LogP contribution >= 0.6 is 11.8 Å². The highest BCUT2D eigenvalue weighted by Gasteiger charge is 2.52. The van der Waals surface area contributed by atoms with Gasteiger partial charge in [-0.1, -0.05) is 96.7 Å². The van der Waals surface area contributed by atoms with Crippen molar-refractivity contribution in [1.29, 1.82) is 0 Å². The van der Waals surface area contributed by atoms with Crippen molar-refractivity contribution in [2.45, 2.75) is 35.3 Å². The molecule has 0 unspecified atom stereocenters. The van der Waals surface area contributed by atoms with Gasteiger partial charge in [-0.25, -0.2) is 19.2 Å². The topological polar surface area (TPSA) is 156 Å². The minimum absolute atomic E-state index is 0.0584. The Morgan fingerprint density at radius 1 is 0.694 bits per heavy atom. The zero-order valence-electron chi connectivity index (χ0n) is 25.7. The number of carbonyl (C=O) groups is 3. The number of rotatable bonds is 11. The van der Waals surface area contributed by atoms with Crippen molar-refractivity contribution in [3.05, 3.63) is 164 Å². The number of esters is 3. The lowest BCUT2D eigenvalue weighted by Gasteiger charge is -2.24. The highest BCUT2D eigenvalue weighted by molar-refractivity contribution is 7.98. The summed E-state index contributed by atoms with van der Waals surface area (Å²) >= 11 is 1.08. The third-order valence-corrected chi connectivity index (χ3v) is 8.48. The summed E-state index contributed by atoms with van der Waals surface area (Å²) in [5, 5.41) is 4.25. The van der Waals surface area contributed by atoms with E-state index in [9.17, 15) is 24.0 Å². The fourth-order valence-corrected chi connectivity index (χ4v) is 5.87. The molecule has 0 amide bonds. The highest BCUT2D eigenvalue weighted by Crippen LogP contribution is 2.34. The summed E-state index contributed by atoms with van der Waals surface area (Å²) in [4.78, 5) is 68.0. The molecule has 49 heavy (non-hydrogen) atoms. The van der Waals surface area contributed by atoms with Gasteiger partial charge in [0.1, 0.15) is 12.7 Å². The number of H-pyrrole nitrogens is 1. The molecule has 1 aromatic heterocycles. The fraction of sp³-hybridized carbons (Fsp3) is 0.167. The van der Waals surface area contributed by atoms with Crippen LogP contribution in [0.3, 0.4) is 0 Å². The summed E-state index contributed by atoms with van der Waals surface area (Å²) in [6, 6.07) is 33.7. The standard InChI is InChI=1S/C36H29N3O9S/c40-30-31(49-22-23-13-5-1-6-14-23)38-39(36(44)37-30)32-29(48-35(43)26-19-11-4-12-20-26)28(47-34(42)25-17-9-3-10-18-25)27(46-32)21-45-33(41)24-15-7-2-8-16-24/h1-20,27-29,32H,21-22H2,(H,37,40,44)/t27-,28+,29+,32-/m0/s1. The van der Waals surface area contributed by atoms with Crippen molar-refractivity contribution in [2.75, 3.05) is 6.61 Å². The Labute approximate surface area is 283 Å². The molecule has 1 aliphatic heterocycles. The van der Waals surface area contributed by atoms with Crippen LogP contribution in [-0.4, -0.2) is 57.6 Å². The van der Waals surface area contributed by atoms with E-state index in [0.717, 1.165) is 22.0 Å². The average molecular weight is 680 g/mol. The number of nitrogens with one attached hydrogen (secondary N) is 1. The summed E-state index contributed by atoms with van der Waals surface area (Å²) in [6.45, 7) is -0.454. The van der Waals surface area contributed by atoms with Crippen LogP contribution < -0.4 is 11.2 Å². The minimum Gasteiger partial charge on any atom is -0.459 e. The zero-order valence-corrected chi connectivity index (χ0v) is 26.6. The molecular formula is C36H29N3O9S. The van der Waals surface area contributed by atoms with Gasteiger partial charge in [0.15, 0.2) is 23.5 Å². The summed E-state index contributed by atoms with van der Waals surface area (Å²) in [5.41, 5.74) is -0.146. The maximum absolute atomic E-state index is 13.4. The summed E-state index contributed by atoms with van der Waals surface area (Å²) in [5.74, 6) is -1.91. The number of aromatic nitrogens is 3. The normalized spacial score (nSPS) is 18.4. The lowest BCUT2D eigenvalue weighted by Crippen LogP contribution is -2.44. The molecule has 12 nitrogen and oxygen atoms in total. The molecule has 0 spiro atoms. The van der Waals surface area contributed by atoms with Crippen molar-refractivity contribution in [3.63, 3.8) is 0 Å². The molecule has 4 atom stereocenters. The third kappa shape index (κ3) is 8.03. The number of hydrogen-bond acceptors (Lipinski definition) is 11. The molecule has 1 N–H and O–H groups in total. The van der Waals surface area contributed by atoms with Crippen LogP contribution in [0.2, 0.25) is 0 Å². The first-order valence-corrected chi connectivity index (χ1v) is 16.2. The van der Waals surface area contributed by atoms with E-state index in [4.69, 9.17) is 18.9 Å². The van der Waals surface area contributed by atoms with E-state index in [-0.39, 0.29) is 21.7 Å². The molecule has 0 radical (unpaired) electrons. The Hall–Kier alpha value is -5.79. The maximum Gasteiger partial charge on any atom is 0.347 e. The second-order valence-corrected chi connectivity index (χ2v) is 11.7. The SMILES string of the molecule is O=C(OC[C@@H]1O[C@H](n2nc(SCc3ccccc3)c(=O)[nH]c2=O)[C@H](OC(=O)c2ccccc2)[C@@H]1OC(=O)c1ccccc1)c1ccccc1. The molecule has 13 heteroatoms. The van der Waals surface area contributed by atoms with Crippen LogP contribution in [0.4, 0.5) is 0 Å². The van der Waals surface area contributed by atoms with E-state index < -0.39 is 60.3 Å². The molecule has 5 aromatic rings. The van der Waals surface area contributed by atoms with Crippen LogP contribution in [0.1, 0.15) is 42.9 Å². The van der Waals surface area contributed by atoms with Gasteiger partial charge < -0.3 is 18.9 Å². The van der Waals surface area contributed by atoms with Gasteiger partial charge in [0.25, 0.3) is 5.56 Å². The third-order valence-electron chi connectivity index (χ3n) is 7.46. The molecule has 1 fully saturated rings. The second-order valence-electron chi connectivity index (χ2n) is 10.8. The average Bonchev–Trinajstić information content (AvgIpc) is 3.47. The molecule has 0 saturated carbocycles. The van der Waals surface area contributed by atoms with E-state index in [1.165, 1.54) is 24.3 Å². The summed E-state index contributed by atoms with van der Waals surface area (Å²) in [6.07, 6.45) is -5.62. The largest absolute Gasteiger partial charge is 0.459 e. The molecule has 1 aliphatic rings. The Morgan fingerprint density at radius 3 is 1.73 bits per heavy atom. The minimum atomic E-state index is -1.51. The van der Waals surface area contributed by atoms with Crippen molar-refractivity contribution in [3.8, 4) is 0 Å². The molecule has 4 aromatic carbocycles. The Kier molecular flexibility index (Phi) is 10.4. The van der Waals surface area contributed by atoms with E-state index in [1.54, 1.807) is 66.7 Å². The van der Waals surface area contributed by atoms with Crippen LogP contribution in [0.15, 0.2) is 136 Å². The first kappa shape index (κ1) is 33.1. The number of aromatic amines is 1. The van der Waals surface area contributed by atoms with Gasteiger partial charge in [-0.2, -0.15) is 9.78 Å². The van der Waals surface area contributed by atoms with Gasteiger partial charge >= 0.3 is 23.6 Å². The maximum atomic E-state index is 13.4. The predicted molar refractivity (Wildman–Crippen MR) is 177 cm³/mol. The molecular weight excluding hydrogens is 650 g/mol. The first-order valence-electron chi connectivity index (χ1n) is 15.2. The van der Waals surface area contributed by atoms with Crippen LogP contribution in [0.25, 0.3) is 0 Å². The predicted octanol–water partition coefficient (Wildman–Crippen LogP) is 4.43. The van der Waals surface area contributed by atoms with Crippen LogP contribution in [0, 0.1) is 0 Å². The van der Waals surface area contributed by atoms with Gasteiger partial charge in [0.2, 0.25) is 0 Å². The quantitative estimate of drug-likeness (QED) is 0.120. The number of hydrogen-bond donors (Lipinski definition) is 1. The number of benzene rings is 4. The number of thioether (sulfide) groups is 1. The van der Waals surface area contributed by atoms with Crippen molar-refractivity contribution < 1.29 is 33.3 Å². The second kappa shape index (κ2) is 15.4. The molecule has 0 bridgehead atoms. The van der Waals surface area contributed by atoms with E-state index in [1.807, 2.05) is 30.3 Å². The summed E-state index contributed by atoms with van der Waals surface area (Å²) < 4.78 is 24.4. The highest BCUT2D eigenvalue weighted by atomic mass is 32.2. The molecule has 0 aliphatic carbocycles. The van der Waals surface area contributed by atoms with E-state index in [0.29, 0.717) is 5.75 Å². The van der Waals surface area contributed by atoms with Gasteiger partial charge in [0.05, 0.1) is 16.7 Å². The van der Waals surface area contributed by atoms with Crippen molar-refractivity contribution in [2.24, 2.45) is 0 Å². The first-order chi connectivity index (χ1) is 23.9. The zero-order chi connectivity index (χ0) is 34.2. The van der Waals surface area contributed by atoms with Gasteiger partial charge in [-0.15, -0.1) is 0 Å². The summed E-state index contributed by atoms with van der Waals surface area (Å²) in [7, 11) is 0. The monoisotopic (exact) mass is 679 g/mol. The van der Waals surface area contributed by atoms with Crippen molar-refractivity contribution in [1.82, 2.24) is 14.8 Å². The van der Waals surface area contributed by atoms with E-state index in [2.05, 4.69) is 10.1 Å². The Bertz CT molecular complexity index is 2020.